The van der Waals surface area contributed by atoms with Gasteiger partial charge in [-0.15, -0.1) is 0 Å². The fourth-order valence-corrected chi connectivity index (χ4v) is 5.78. The van der Waals surface area contributed by atoms with E-state index >= 15 is 0 Å². The third-order valence-corrected chi connectivity index (χ3v) is 7.95. The van der Waals surface area contributed by atoms with Crippen LogP contribution in [-0.2, 0) is 11.3 Å². The number of nitrogens with one attached hydrogen (secondary N) is 1. The van der Waals surface area contributed by atoms with Crippen molar-refractivity contribution in [1.82, 2.24) is 4.57 Å². The Balaban J connectivity index is 0.000000611. The number of amides is 1. The molecule has 11 heteroatoms. The number of aromatic nitrogens is 1. The summed E-state index contributed by atoms with van der Waals surface area (Å²) in [7, 11) is 0. The van der Waals surface area contributed by atoms with E-state index in [1.54, 1.807) is 42.5 Å². The molecule has 4 aromatic carbocycles. The zero-order chi connectivity index (χ0) is 36.2. The number of hydrogen-bond acceptors (Lipinski definition) is 5. The second kappa shape index (κ2) is 19.9. The van der Waals surface area contributed by atoms with E-state index in [4.69, 9.17) is 10.2 Å². The van der Waals surface area contributed by atoms with E-state index in [1.165, 1.54) is 12.1 Å². The molecule has 0 fully saturated rings. The molecule has 5 aromatic rings. The zero-order valence-electron chi connectivity index (χ0n) is 27.9. The number of hydrogen-bond donors (Lipinski definition) is 5. The molecule has 0 unspecified atom stereocenters. The molecular weight excluding hydrogens is 680 g/mol. The predicted octanol–water partition coefficient (Wildman–Crippen LogP) is 6.78. The van der Waals surface area contributed by atoms with Crippen LogP contribution in [0.2, 0.25) is 0 Å². The molecule has 1 aromatic heterocycles. The van der Waals surface area contributed by atoms with Gasteiger partial charge in [0.05, 0.1) is 35.4 Å². The van der Waals surface area contributed by atoms with Gasteiger partial charge in [0.2, 0.25) is 0 Å². The van der Waals surface area contributed by atoms with Crippen molar-refractivity contribution in [1.29, 1.82) is 0 Å². The number of aliphatic hydroxyl groups excluding tert-OH is 2. The molecule has 0 saturated heterocycles. The van der Waals surface area contributed by atoms with E-state index in [-0.39, 0.29) is 74.8 Å². The summed E-state index contributed by atoms with van der Waals surface area (Å²) in [6, 6.07) is 33.1. The van der Waals surface area contributed by atoms with Crippen molar-refractivity contribution in [2.24, 2.45) is 0 Å². The first-order valence-electron chi connectivity index (χ1n) is 16.3. The summed E-state index contributed by atoms with van der Waals surface area (Å²) in [4.78, 5) is 35.2. The van der Waals surface area contributed by atoms with E-state index in [9.17, 15) is 29.0 Å². The average molecular weight is 723 g/mol. The standard InChI is InChI=1S/C33H35FN2O5.C7H6O2.Ca.2H/c1-21(2)31-30(33(41)35-25-11-7-4-8-12-25)29(22-9-5-3-6-10-22)32(23-13-15-24(34)16-14-23)36(31)18-17-26(37)19-27(38)20-28(39)40;8-7(9)6-4-2-1-3-5-6;;;/h3-16,21,26-27,37-38H,17-20H2,1-2H3,(H,35,41)(H,39,40);1-5H,(H,8,9);;;/t26-,27-;;;;/m1..../s1. The first-order valence-corrected chi connectivity index (χ1v) is 16.3. The SMILES string of the molecule is CC(C)c1c(C(=O)Nc2ccccc2)c(-c2ccccc2)c(-c2ccc(F)cc2)n1CC[C@@H](O)C[C@@H](O)CC(=O)O.O=C(O)c1ccccc1.[CaH2]. The molecule has 51 heavy (non-hydrogen) atoms. The van der Waals surface area contributed by atoms with E-state index in [1.807, 2.05) is 79.1 Å². The fourth-order valence-electron chi connectivity index (χ4n) is 5.78. The van der Waals surface area contributed by atoms with E-state index in [0.29, 0.717) is 33.6 Å². The molecule has 0 aliphatic rings. The van der Waals surface area contributed by atoms with Crippen molar-refractivity contribution in [2.75, 3.05) is 5.32 Å². The van der Waals surface area contributed by atoms with Crippen molar-refractivity contribution in [3.05, 3.63) is 138 Å². The van der Waals surface area contributed by atoms with Gasteiger partial charge in [-0.05, 0) is 78.4 Å². The van der Waals surface area contributed by atoms with Gasteiger partial charge in [0.1, 0.15) is 5.82 Å². The zero-order valence-corrected chi connectivity index (χ0v) is 27.9. The summed E-state index contributed by atoms with van der Waals surface area (Å²) < 4.78 is 16.0. The molecule has 5 N–H and O–H groups in total. The van der Waals surface area contributed by atoms with Crippen LogP contribution in [0, 0.1) is 5.82 Å². The van der Waals surface area contributed by atoms with Crippen molar-refractivity contribution in [3.63, 3.8) is 0 Å². The molecule has 0 saturated carbocycles. The molecule has 0 aliphatic carbocycles. The van der Waals surface area contributed by atoms with Gasteiger partial charge in [0.15, 0.2) is 0 Å². The van der Waals surface area contributed by atoms with Crippen LogP contribution in [0.3, 0.4) is 0 Å². The average Bonchev–Trinajstić information content (AvgIpc) is 3.44. The fraction of sp³-hybridized carbons (Fsp3) is 0.225. The van der Waals surface area contributed by atoms with Gasteiger partial charge in [-0.3, -0.25) is 9.59 Å². The number of aliphatic carboxylic acids is 1. The van der Waals surface area contributed by atoms with E-state index < -0.39 is 30.6 Å². The Morgan fingerprint density at radius 2 is 1.29 bits per heavy atom. The first-order chi connectivity index (χ1) is 24.0. The van der Waals surface area contributed by atoms with Gasteiger partial charge >= 0.3 is 49.7 Å². The van der Waals surface area contributed by atoms with Crippen molar-refractivity contribution >= 4 is 61.3 Å². The number of rotatable bonds is 13. The molecule has 264 valence electrons. The topological polar surface area (TPSA) is 149 Å². The van der Waals surface area contributed by atoms with Crippen LogP contribution in [0.5, 0.6) is 0 Å². The number of carboxylic acids is 2. The quantitative estimate of drug-likeness (QED) is 0.0842. The number of benzene rings is 4. The van der Waals surface area contributed by atoms with Crippen LogP contribution >= 0.6 is 0 Å². The Hall–Kier alpha value is -4.32. The van der Waals surface area contributed by atoms with Crippen LogP contribution in [0.1, 0.15) is 65.4 Å². The van der Waals surface area contributed by atoms with Crippen LogP contribution < -0.4 is 5.32 Å². The molecule has 0 radical (unpaired) electrons. The molecule has 9 nitrogen and oxygen atoms in total. The molecule has 0 bridgehead atoms. The normalized spacial score (nSPS) is 11.8. The van der Waals surface area contributed by atoms with Gasteiger partial charge in [0.25, 0.3) is 5.91 Å². The maximum absolute atomic E-state index is 14.0. The molecule has 1 amide bonds. The summed E-state index contributed by atoms with van der Waals surface area (Å²) in [6.07, 6.45) is -2.51. The number of anilines is 1. The number of carbonyl (C=O) groups excluding carboxylic acids is 1. The molecule has 0 spiro atoms. The summed E-state index contributed by atoms with van der Waals surface area (Å²) in [5.41, 5.74) is 5.10. The Morgan fingerprint density at radius 1 is 0.745 bits per heavy atom. The van der Waals surface area contributed by atoms with Crippen molar-refractivity contribution < 1.29 is 39.2 Å². The summed E-state index contributed by atoms with van der Waals surface area (Å²) in [6.45, 7) is 4.25. The number of nitrogens with zero attached hydrogens (tertiary/aromatic N) is 1. The second-order valence-electron chi connectivity index (χ2n) is 12.1. The predicted molar refractivity (Wildman–Crippen MR) is 199 cm³/mol. The number of aromatic carboxylic acids is 1. The van der Waals surface area contributed by atoms with Crippen LogP contribution in [0.25, 0.3) is 22.4 Å². The van der Waals surface area contributed by atoms with Crippen LogP contribution in [-0.4, -0.2) is 92.8 Å². The van der Waals surface area contributed by atoms with Gasteiger partial charge in [-0.1, -0.05) is 80.6 Å². The monoisotopic (exact) mass is 722 g/mol. The molecule has 2 atom stereocenters. The van der Waals surface area contributed by atoms with Crippen molar-refractivity contribution in [2.45, 2.75) is 57.8 Å². The number of aliphatic hydroxyl groups is 2. The number of halogens is 1. The second-order valence-corrected chi connectivity index (χ2v) is 12.1. The molecule has 0 aliphatic heterocycles. The van der Waals surface area contributed by atoms with E-state index in [0.717, 1.165) is 11.3 Å². The third kappa shape index (κ3) is 11.6. The summed E-state index contributed by atoms with van der Waals surface area (Å²) >= 11 is 0. The van der Waals surface area contributed by atoms with Gasteiger partial charge in [-0.2, -0.15) is 0 Å². The third-order valence-electron chi connectivity index (χ3n) is 7.95. The summed E-state index contributed by atoms with van der Waals surface area (Å²) in [5, 5.41) is 41.2. The molecule has 5 rings (SSSR count). The number of para-hydroxylation sites is 1. The number of carboxylic acid groups (broad SMARTS) is 2. The van der Waals surface area contributed by atoms with Crippen LogP contribution in [0.4, 0.5) is 10.1 Å². The van der Waals surface area contributed by atoms with Crippen molar-refractivity contribution in [3.8, 4) is 22.4 Å². The molecular formula is C40H43CaFN2O7. The minimum atomic E-state index is -1.18. The van der Waals surface area contributed by atoms with Crippen LogP contribution in [0.15, 0.2) is 115 Å². The number of carbonyl (C=O) groups is 3. The van der Waals surface area contributed by atoms with E-state index in [2.05, 4.69) is 5.32 Å². The minimum absolute atomic E-state index is 0. The summed E-state index contributed by atoms with van der Waals surface area (Å²) in [5.74, 6) is -2.81. The Kier molecular flexibility index (Phi) is 16.0. The molecule has 1 heterocycles. The Morgan fingerprint density at radius 3 is 1.80 bits per heavy atom. The van der Waals surface area contributed by atoms with Gasteiger partial charge < -0.3 is 30.3 Å². The Labute approximate surface area is 326 Å². The van der Waals surface area contributed by atoms with Gasteiger partial charge in [0, 0.05) is 23.5 Å². The van der Waals surface area contributed by atoms with Gasteiger partial charge in [-0.25, -0.2) is 9.18 Å². The Bertz CT molecular complexity index is 1870. The maximum atomic E-state index is 14.0. The first kappa shape index (κ1) is 41.1.